The number of aliphatic carboxylic acids is 1. The molecule has 0 heterocycles. The van der Waals surface area contributed by atoms with Gasteiger partial charge in [0, 0.05) is 18.3 Å². The molecule has 1 saturated carbocycles. The molecule has 0 spiro atoms. The van der Waals surface area contributed by atoms with Gasteiger partial charge < -0.3 is 21.7 Å². The first-order valence-corrected chi connectivity index (χ1v) is 17.6. The summed E-state index contributed by atoms with van der Waals surface area (Å²) < 4.78 is 0. The van der Waals surface area contributed by atoms with E-state index in [0.717, 1.165) is 6.42 Å². The molecule has 6 atom stereocenters. The van der Waals surface area contributed by atoms with Crippen molar-refractivity contribution >= 4 is 29.4 Å². The largest absolute Gasteiger partial charge is 0.481 e. The van der Waals surface area contributed by atoms with Gasteiger partial charge in [-0.15, -0.1) is 0 Å². The molecule has 4 unspecified atom stereocenters. The van der Waals surface area contributed by atoms with E-state index in [1.54, 1.807) is 75.4 Å². The van der Waals surface area contributed by atoms with Crippen LogP contribution in [0.4, 0.5) is 0 Å². The van der Waals surface area contributed by atoms with Crippen LogP contribution in [0, 0.1) is 29.1 Å². The van der Waals surface area contributed by atoms with Crippen molar-refractivity contribution in [1.29, 1.82) is 0 Å². The van der Waals surface area contributed by atoms with Crippen molar-refractivity contribution in [3.8, 4) is 0 Å². The molecular formula is C39H55N3O7. The molecular weight excluding hydrogens is 622 g/mol. The number of aliphatic hydroxyl groups is 1. The summed E-state index contributed by atoms with van der Waals surface area (Å²) in [4.78, 5) is 68.8. The molecule has 49 heavy (non-hydrogen) atoms. The van der Waals surface area contributed by atoms with Crippen molar-refractivity contribution in [2.75, 3.05) is 0 Å². The lowest BCUT2D eigenvalue weighted by Crippen LogP contribution is -2.70. The minimum absolute atomic E-state index is 0.163. The molecule has 268 valence electrons. The number of amides is 2. The van der Waals surface area contributed by atoms with Crippen LogP contribution < -0.4 is 16.8 Å². The summed E-state index contributed by atoms with van der Waals surface area (Å²) in [6.07, 6.45) is 0.881. The van der Waals surface area contributed by atoms with Crippen LogP contribution in [0.2, 0.25) is 0 Å². The minimum atomic E-state index is -2.07. The molecule has 1 fully saturated rings. The predicted octanol–water partition coefficient (Wildman–Crippen LogP) is 4.39. The molecule has 2 amide bonds. The van der Waals surface area contributed by atoms with E-state index in [4.69, 9.17) is 11.5 Å². The first-order chi connectivity index (χ1) is 23.2. The summed E-state index contributed by atoms with van der Waals surface area (Å²) in [7, 11) is 0. The Morgan fingerprint density at radius 3 is 1.94 bits per heavy atom. The molecule has 0 aliphatic heterocycles. The number of carboxylic acid groups (broad SMARTS) is 1. The Bertz CT molecular complexity index is 1430. The lowest BCUT2D eigenvalue weighted by Gasteiger charge is -2.49. The summed E-state index contributed by atoms with van der Waals surface area (Å²) in [5.74, 6) is -5.86. The highest BCUT2D eigenvalue weighted by Crippen LogP contribution is 2.47. The Labute approximate surface area is 290 Å². The number of carbonyl (C=O) groups excluding carboxylic acids is 4. The van der Waals surface area contributed by atoms with Crippen LogP contribution in [0.15, 0.2) is 60.7 Å². The smallest absolute Gasteiger partial charge is 0.305 e. The van der Waals surface area contributed by atoms with Gasteiger partial charge in [-0.25, -0.2) is 0 Å². The number of ketones is 2. The molecule has 0 bridgehead atoms. The number of Topliss-reactive ketones (excluding diaryl/α,β-unsaturated/α-hetero) is 2. The van der Waals surface area contributed by atoms with Crippen LogP contribution in [0.25, 0.3) is 0 Å². The van der Waals surface area contributed by atoms with E-state index in [1.165, 1.54) is 0 Å². The third-order valence-corrected chi connectivity index (χ3v) is 10.5. The van der Waals surface area contributed by atoms with Crippen LogP contribution in [-0.4, -0.2) is 57.2 Å². The molecule has 10 nitrogen and oxygen atoms in total. The second-order valence-corrected chi connectivity index (χ2v) is 14.3. The number of carboxylic acids is 1. The van der Waals surface area contributed by atoms with Crippen LogP contribution in [0.5, 0.6) is 0 Å². The highest BCUT2D eigenvalue weighted by molar-refractivity contribution is 6.13. The highest BCUT2D eigenvalue weighted by atomic mass is 16.4. The maximum Gasteiger partial charge on any atom is 0.305 e. The number of carbonyl (C=O) groups is 5. The number of nitrogens with two attached hydrogens (primary N) is 2. The van der Waals surface area contributed by atoms with Crippen LogP contribution in [-0.2, 0) is 36.8 Å². The first kappa shape index (κ1) is 39.7. The van der Waals surface area contributed by atoms with E-state index in [2.05, 4.69) is 5.32 Å². The van der Waals surface area contributed by atoms with E-state index in [-0.39, 0.29) is 25.2 Å². The average molecular weight is 678 g/mol. The molecule has 7 N–H and O–H groups in total. The summed E-state index contributed by atoms with van der Waals surface area (Å²) in [6, 6.07) is 16.2. The van der Waals surface area contributed by atoms with Gasteiger partial charge in [0.2, 0.25) is 11.8 Å². The zero-order valence-electron chi connectivity index (χ0n) is 29.4. The monoisotopic (exact) mass is 677 g/mol. The number of aliphatic hydroxyl groups excluding tert-OH is 1. The molecule has 10 heteroatoms. The van der Waals surface area contributed by atoms with Crippen LogP contribution in [0.1, 0.15) is 90.2 Å². The fourth-order valence-electron chi connectivity index (χ4n) is 7.41. The zero-order chi connectivity index (χ0) is 36.4. The number of rotatable bonds is 18. The average Bonchev–Trinajstić information content (AvgIpc) is 3.07. The number of imide groups is 1. The van der Waals surface area contributed by atoms with Crippen LogP contribution >= 0.6 is 0 Å². The summed E-state index contributed by atoms with van der Waals surface area (Å²) in [5, 5.41) is 24.5. The Morgan fingerprint density at radius 1 is 0.878 bits per heavy atom. The van der Waals surface area contributed by atoms with Gasteiger partial charge in [-0.05, 0) is 55.1 Å². The van der Waals surface area contributed by atoms with E-state index in [9.17, 15) is 29.4 Å². The molecule has 0 radical (unpaired) electrons. The van der Waals surface area contributed by atoms with Crippen molar-refractivity contribution in [1.82, 2.24) is 5.32 Å². The van der Waals surface area contributed by atoms with Crippen molar-refractivity contribution < 1.29 is 34.2 Å². The van der Waals surface area contributed by atoms with Crippen LogP contribution in [0.3, 0.4) is 0 Å². The minimum Gasteiger partial charge on any atom is -0.481 e. The molecule has 0 aromatic heterocycles. The van der Waals surface area contributed by atoms with Gasteiger partial charge in [0.05, 0.1) is 24.1 Å². The maximum atomic E-state index is 15.4. The van der Waals surface area contributed by atoms with Crippen molar-refractivity contribution in [2.24, 2.45) is 40.6 Å². The van der Waals surface area contributed by atoms with Gasteiger partial charge in [-0.2, -0.15) is 0 Å². The first-order valence-electron chi connectivity index (χ1n) is 17.6. The Morgan fingerprint density at radius 2 is 1.43 bits per heavy atom. The molecule has 2 aromatic carbocycles. The summed E-state index contributed by atoms with van der Waals surface area (Å²) in [5.41, 5.74) is 11.1. The standard InChI is InChI=1S/C39H55N3O7/c1-5-26(4)35(47)42-36(48)30(25(2)3)22-31(43)34(40)39(29-19-13-8-14-20-29,32(44)21-27-15-9-6-10-16-27)37(49)38(41,24-33(45)46)23-28-17-11-7-12-18-28/h6-7,9-12,15-18,25-26,29-31,34,43H,5,8,13-14,19-24,40-41H2,1-4H3,(H,45,46)(H,42,47,48)/t26-,30?,31?,34?,38-,39?/m0/s1. The summed E-state index contributed by atoms with van der Waals surface area (Å²) >= 11 is 0. The van der Waals surface area contributed by atoms with E-state index in [0.29, 0.717) is 43.2 Å². The highest BCUT2D eigenvalue weighted by Gasteiger charge is 2.61. The van der Waals surface area contributed by atoms with E-state index < -0.39 is 76.6 Å². The number of nitrogens with one attached hydrogen (secondary N) is 1. The van der Waals surface area contributed by atoms with Gasteiger partial charge in [0.25, 0.3) is 0 Å². The van der Waals surface area contributed by atoms with Crippen molar-refractivity contribution in [3.63, 3.8) is 0 Å². The second kappa shape index (κ2) is 17.8. The van der Waals surface area contributed by atoms with Gasteiger partial charge in [-0.3, -0.25) is 29.3 Å². The van der Waals surface area contributed by atoms with Gasteiger partial charge in [0.15, 0.2) is 11.6 Å². The summed E-state index contributed by atoms with van der Waals surface area (Å²) in [6.45, 7) is 7.12. The van der Waals surface area contributed by atoms with E-state index >= 15 is 4.79 Å². The molecule has 1 aliphatic rings. The van der Waals surface area contributed by atoms with Gasteiger partial charge in [0.1, 0.15) is 5.41 Å². The quantitative estimate of drug-likeness (QED) is 0.143. The Kier molecular flexibility index (Phi) is 14.4. The maximum absolute atomic E-state index is 15.4. The normalized spacial score (nSPS) is 18.7. The third-order valence-electron chi connectivity index (χ3n) is 10.5. The predicted molar refractivity (Wildman–Crippen MR) is 188 cm³/mol. The number of hydrogen-bond acceptors (Lipinski definition) is 8. The molecule has 1 aliphatic carbocycles. The van der Waals surface area contributed by atoms with Crippen molar-refractivity contribution in [2.45, 2.75) is 110 Å². The zero-order valence-corrected chi connectivity index (χ0v) is 29.4. The lowest BCUT2D eigenvalue weighted by atomic mass is 9.54. The Hall–Kier alpha value is -3.73. The third kappa shape index (κ3) is 9.71. The van der Waals surface area contributed by atoms with Gasteiger partial charge in [-0.1, -0.05) is 108 Å². The fourth-order valence-corrected chi connectivity index (χ4v) is 7.41. The SMILES string of the molecule is CC[C@H](C)C(=O)NC(=O)C(CC(O)C(N)C(C(=O)Cc1ccccc1)(C(=O)[C@@](N)(CC(=O)O)Cc1ccccc1)C1CCCCC1)C(C)C. The molecule has 3 rings (SSSR count). The lowest BCUT2D eigenvalue weighted by molar-refractivity contribution is -0.157. The number of benzene rings is 2. The second-order valence-electron chi connectivity index (χ2n) is 14.3. The topological polar surface area (TPSA) is 190 Å². The van der Waals surface area contributed by atoms with Crippen molar-refractivity contribution in [3.05, 3.63) is 71.8 Å². The molecule has 0 saturated heterocycles. The fraction of sp³-hybridized carbons (Fsp3) is 0.564. The van der Waals surface area contributed by atoms with Gasteiger partial charge >= 0.3 is 5.97 Å². The Balaban J connectivity index is 2.20. The van der Waals surface area contributed by atoms with E-state index in [1.807, 2.05) is 13.0 Å². The number of hydrogen-bond donors (Lipinski definition) is 5. The molecule has 2 aromatic rings.